The van der Waals surface area contributed by atoms with Crippen LogP contribution in [0.1, 0.15) is 82.6 Å². The molecule has 2 aliphatic heterocycles. The Morgan fingerprint density at radius 3 is 2.55 bits per heavy atom. The topological polar surface area (TPSA) is 171 Å². The lowest BCUT2D eigenvalue weighted by Gasteiger charge is -2.40. The van der Waals surface area contributed by atoms with Crippen molar-refractivity contribution >= 4 is 23.1 Å². The fourth-order valence-electron chi connectivity index (χ4n) is 8.18. The number of rotatable bonds is 15. The number of carbonyl (C=O) groups is 1. The Labute approximate surface area is 357 Å². The smallest absolute Gasteiger partial charge is 0.239 e. The molecule has 2 aromatic carbocycles. The molecule has 0 spiro atoms. The fraction of sp³-hybridized carbons (Fsp3) is 0.457. The molecule has 5 atom stereocenters. The molecule has 2 aliphatic rings. The number of aliphatic hydroxyl groups is 1. The van der Waals surface area contributed by atoms with E-state index in [9.17, 15) is 15.0 Å². The molecule has 5 aromatic rings. The van der Waals surface area contributed by atoms with Crippen LogP contribution in [0.4, 0.5) is 5.82 Å². The molecule has 3 aromatic heterocycles. The number of nitrogen functional groups attached to an aromatic ring is 1. The van der Waals surface area contributed by atoms with Gasteiger partial charge in [-0.25, -0.2) is 15.0 Å². The summed E-state index contributed by atoms with van der Waals surface area (Å²) in [7, 11) is 0. The van der Waals surface area contributed by atoms with Crippen LogP contribution in [0.25, 0.3) is 32.8 Å². The number of aryl methyl sites for hydroxylation is 1. The Bertz CT molecular complexity index is 2260. The number of amides is 1. The molecule has 14 heteroatoms. The Kier molecular flexibility index (Phi) is 14.3. The van der Waals surface area contributed by atoms with Crippen molar-refractivity contribution in [2.24, 2.45) is 11.8 Å². The lowest BCUT2D eigenvalue weighted by atomic mass is 9.97. The first-order chi connectivity index (χ1) is 29.0. The number of aromatic nitrogens is 5. The summed E-state index contributed by atoms with van der Waals surface area (Å²) in [6.45, 7) is 12.5. The number of thiazole rings is 1. The molecule has 2 saturated heterocycles. The molecule has 0 saturated carbocycles. The van der Waals surface area contributed by atoms with Gasteiger partial charge in [0.15, 0.2) is 5.82 Å². The number of phenolic OH excluding ortho intramolecular Hbond substituents is 1. The summed E-state index contributed by atoms with van der Waals surface area (Å²) in [5, 5.41) is 45.1. The maximum Gasteiger partial charge on any atom is 0.239 e. The van der Waals surface area contributed by atoms with Gasteiger partial charge in [0, 0.05) is 54.9 Å². The standard InChI is InChI=1S/C46H58N10O3S/c1-30(12-13-31(2)55-27-37(26-50-55)40-24-41(52-53-45(40)47)39-10-5-6-11-43(39)58)9-7-8-20-48-25-34-18-21-54(22-19-34)56-28-38(57)23-42(56)46(59)51-32(3)35-14-16-36(17-15-35)44-33(4)49-29-60-44/h5-6,10-11,14-17,24,26-27,29-32,34,38,42,48,57-58H,7-9,18-23,25,28H2,1-4H3,(H2,47,53)(H,51,59)/t30?,31?,32-,38+,42-/m0/s1. The van der Waals surface area contributed by atoms with E-state index in [2.05, 4.69) is 84.0 Å². The zero-order chi connectivity index (χ0) is 42.2. The summed E-state index contributed by atoms with van der Waals surface area (Å²) in [5.74, 6) is 8.07. The van der Waals surface area contributed by atoms with Crippen molar-refractivity contribution < 1.29 is 15.0 Å². The number of aromatic hydroxyl groups is 1. The SMILES string of the molecule is Cc1ncsc1-c1ccc([C@H](C)NC(=O)[C@@H]2C[C@@H](O)CN2N2CCC(CNCCCCC(C)C#CC(C)n3cc(-c4cc(-c5ccccc5O)nnc4N)cn3)CC2)cc1. The van der Waals surface area contributed by atoms with E-state index in [1.54, 1.807) is 35.7 Å². The van der Waals surface area contributed by atoms with E-state index < -0.39 is 6.10 Å². The minimum absolute atomic E-state index is 0.0287. The zero-order valence-electron chi connectivity index (χ0n) is 35.1. The number of phenols is 1. The molecule has 7 rings (SSSR count). The second-order valence-corrected chi connectivity index (χ2v) is 17.2. The summed E-state index contributed by atoms with van der Waals surface area (Å²) in [6, 6.07) is 16.6. The van der Waals surface area contributed by atoms with Crippen LogP contribution >= 0.6 is 11.3 Å². The number of hydrogen-bond acceptors (Lipinski definition) is 12. The van der Waals surface area contributed by atoms with E-state index in [-0.39, 0.29) is 35.7 Å². The van der Waals surface area contributed by atoms with E-state index in [0.717, 1.165) is 80.7 Å². The van der Waals surface area contributed by atoms with Crippen LogP contribution in [0.2, 0.25) is 0 Å². The van der Waals surface area contributed by atoms with E-state index in [1.807, 2.05) is 49.3 Å². The summed E-state index contributed by atoms with van der Waals surface area (Å²) < 4.78 is 1.83. The van der Waals surface area contributed by atoms with Crippen LogP contribution < -0.4 is 16.4 Å². The normalized spacial score (nSPS) is 19.1. The predicted molar refractivity (Wildman–Crippen MR) is 237 cm³/mol. The number of benzene rings is 2. The highest BCUT2D eigenvalue weighted by Crippen LogP contribution is 2.33. The van der Waals surface area contributed by atoms with Gasteiger partial charge in [0.25, 0.3) is 0 Å². The Balaban J connectivity index is 0.792. The van der Waals surface area contributed by atoms with Gasteiger partial charge in [0.05, 0.1) is 40.1 Å². The molecular weight excluding hydrogens is 773 g/mol. The minimum atomic E-state index is -0.511. The van der Waals surface area contributed by atoms with Crippen molar-refractivity contribution in [3.63, 3.8) is 0 Å². The Hall–Kier alpha value is -5.17. The van der Waals surface area contributed by atoms with Crippen molar-refractivity contribution in [2.45, 2.75) is 90.4 Å². The molecule has 0 bridgehead atoms. The first-order valence-corrected chi connectivity index (χ1v) is 22.1. The van der Waals surface area contributed by atoms with Crippen LogP contribution in [0.5, 0.6) is 5.75 Å². The average molecular weight is 831 g/mol. The number of hydrogen-bond donors (Lipinski definition) is 5. The molecule has 1 amide bonds. The lowest BCUT2D eigenvalue weighted by Crippen LogP contribution is -2.54. The number of nitrogens with one attached hydrogen (secondary N) is 2. The van der Waals surface area contributed by atoms with Gasteiger partial charge >= 0.3 is 0 Å². The third-order valence-corrected chi connectivity index (χ3v) is 12.8. The highest BCUT2D eigenvalue weighted by atomic mass is 32.1. The lowest BCUT2D eigenvalue weighted by molar-refractivity contribution is -0.135. The maximum absolute atomic E-state index is 13.6. The minimum Gasteiger partial charge on any atom is -0.507 e. The zero-order valence-corrected chi connectivity index (χ0v) is 35.9. The molecule has 5 heterocycles. The van der Waals surface area contributed by atoms with Crippen LogP contribution in [0, 0.1) is 30.6 Å². The fourth-order valence-corrected chi connectivity index (χ4v) is 8.99. The van der Waals surface area contributed by atoms with Crippen LogP contribution in [-0.2, 0) is 4.79 Å². The number of piperidine rings is 1. The monoisotopic (exact) mass is 830 g/mol. The number of nitrogens with two attached hydrogens (primary N) is 1. The third-order valence-electron chi connectivity index (χ3n) is 11.8. The average Bonchev–Trinajstić information content (AvgIpc) is 4.02. The second kappa shape index (κ2) is 19.9. The Morgan fingerprint density at radius 2 is 1.80 bits per heavy atom. The molecule has 60 heavy (non-hydrogen) atoms. The van der Waals surface area contributed by atoms with Crippen LogP contribution in [-0.4, -0.2) is 96.0 Å². The molecule has 0 aliphatic carbocycles. The molecule has 316 valence electrons. The molecular formula is C46H58N10O3S. The van der Waals surface area contributed by atoms with Gasteiger partial charge in [-0.05, 0) is 94.8 Å². The van der Waals surface area contributed by atoms with E-state index in [1.165, 1.54) is 4.88 Å². The number of para-hydroxylation sites is 1. The number of β-amino-alcohol motifs (C(OH)–C–C–N with tert-alkyl or cyclic N) is 1. The van der Waals surface area contributed by atoms with E-state index in [0.29, 0.717) is 41.5 Å². The number of nitrogens with zero attached hydrogens (tertiary/aromatic N) is 7. The highest BCUT2D eigenvalue weighted by Gasteiger charge is 2.40. The molecule has 2 unspecified atom stereocenters. The van der Waals surface area contributed by atoms with Crippen molar-refractivity contribution in [3.05, 3.63) is 83.8 Å². The van der Waals surface area contributed by atoms with Gasteiger partial charge in [-0.1, -0.05) is 61.6 Å². The van der Waals surface area contributed by atoms with Crippen molar-refractivity contribution in [2.75, 3.05) is 38.5 Å². The van der Waals surface area contributed by atoms with Gasteiger partial charge in [-0.2, -0.15) is 5.10 Å². The number of aliphatic hydroxyl groups excluding tert-OH is 1. The summed E-state index contributed by atoms with van der Waals surface area (Å²) in [6.07, 6.45) is 8.97. The summed E-state index contributed by atoms with van der Waals surface area (Å²) in [4.78, 5) is 19.1. The van der Waals surface area contributed by atoms with Crippen molar-refractivity contribution in [1.82, 2.24) is 45.6 Å². The predicted octanol–water partition coefficient (Wildman–Crippen LogP) is 6.63. The number of carbonyl (C=O) groups excluding carboxylic acids is 1. The molecule has 2 fully saturated rings. The first kappa shape index (κ1) is 42.9. The van der Waals surface area contributed by atoms with E-state index in [4.69, 9.17) is 5.73 Å². The number of unbranched alkanes of at least 4 members (excludes halogenated alkanes) is 1. The van der Waals surface area contributed by atoms with E-state index >= 15 is 0 Å². The summed E-state index contributed by atoms with van der Waals surface area (Å²) in [5.41, 5.74) is 13.9. The third kappa shape index (κ3) is 10.6. The van der Waals surface area contributed by atoms with Crippen molar-refractivity contribution in [1.29, 1.82) is 0 Å². The Morgan fingerprint density at radius 1 is 1.02 bits per heavy atom. The molecule has 6 N–H and O–H groups in total. The quantitative estimate of drug-likeness (QED) is 0.0567. The van der Waals surface area contributed by atoms with Gasteiger partial charge < -0.3 is 26.6 Å². The van der Waals surface area contributed by atoms with Crippen molar-refractivity contribution in [3.8, 4) is 50.4 Å². The van der Waals surface area contributed by atoms with Gasteiger partial charge in [0.1, 0.15) is 17.8 Å². The first-order valence-electron chi connectivity index (χ1n) is 21.2. The number of anilines is 1. The van der Waals surface area contributed by atoms with Crippen LogP contribution in [0.3, 0.4) is 0 Å². The number of hydrazine groups is 1. The molecule has 13 nitrogen and oxygen atoms in total. The highest BCUT2D eigenvalue weighted by molar-refractivity contribution is 7.13. The van der Waals surface area contributed by atoms with Gasteiger partial charge in [-0.3, -0.25) is 9.48 Å². The molecule has 0 radical (unpaired) electrons. The van der Waals surface area contributed by atoms with Gasteiger partial charge in [0.2, 0.25) is 5.91 Å². The van der Waals surface area contributed by atoms with Crippen LogP contribution in [0.15, 0.2) is 72.5 Å². The summed E-state index contributed by atoms with van der Waals surface area (Å²) >= 11 is 1.64. The largest absolute Gasteiger partial charge is 0.507 e. The maximum atomic E-state index is 13.6. The van der Waals surface area contributed by atoms with Gasteiger partial charge in [-0.15, -0.1) is 21.5 Å². The second-order valence-electron chi connectivity index (χ2n) is 16.4.